The van der Waals surface area contributed by atoms with Crippen molar-refractivity contribution in [2.45, 2.75) is 71.4 Å². The molecule has 0 radical (unpaired) electrons. The molecule has 1 aliphatic rings. The maximum atomic E-state index is 13.7. The van der Waals surface area contributed by atoms with E-state index in [2.05, 4.69) is 36.6 Å². The average molecular weight is 653 g/mol. The number of aromatic nitrogens is 4. The van der Waals surface area contributed by atoms with Crippen LogP contribution in [0.5, 0.6) is 0 Å². The number of aryl methyl sites for hydroxylation is 1. The normalized spacial score (nSPS) is 16.8. The van der Waals surface area contributed by atoms with Gasteiger partial charge in [-0.25, -0.2) is 4.79 Å². The first kappa shape index (κ1) is 34.1. The zero-order valence-corrected chi connectivity index (χ0v) is 27.9. The number of H-pyrrole nitrogens is 1. The molecule has 1 aromatic heterocycles. The summed E-state index contributed by atoms with van der Waals surface area (Å²) in [5, 5.41) is 22.9. The molecular weight excluding hydrogens is 608 g/mol. The Bertz CT molecular complexity index is 1690. The Kier molecular flexibility index (Phi) is 10.7. The van der Waals surface area contributed by atoms with Crippen LogP contribution in [0.25, 0.3) is 22.5 Å². The molecule has 6 N–H and O–H groups in total. The van der Waals surface area contributed by atoms with Crippen LogP contribution in [-0.2, 0) is 20.7 Å². The van der Waals surface area contributed by atoms with Crippen molar-refractivity contribution in [3.05, 3.63) is 77.9 Å². The van der Waals surface area contributed by atoms with Crippen LogP contribution in [0, 0.1) is 18.8 Å². The molecule has 3 aromatic carbocycles. The molecule has 0 aliphatic heterocycles. The molecule has 0 spiro atoms. The van der Waals surface area contributed by atoms with Crippen LogP contribution in [0.1, 0.15) is 57.6 Å². The molecule has 1 aliphatic carbocycles. The van der Waals surface area contributed by atoms with Gasteiger partial charge in [0.05, 0.1) is 0 Å². The van der Waals surface area contributed by atoms with Gasteiger partial charge in [0.25, 0.3) is 0 Å². The predicted octanol–water partition coefficient (Wildman–Crippen LogP) is 5.42. The topological polar surface area (TPSA) is 177 Å². The van der Waals surface area contributed by atoms with Crippen molar-refractivity contribution in [2.75, 3.05) is 17.6 Å². The smallest absolute Gasteiger partial charge is 0.407 e. The number of amides is 3. The lowest BCUT2D eigenvalue weighted by Gasteiger charge is -2.29. The summed E-state index contributed by atoms with van der Waals surface area (Å²) in [4.78, 5) is 39.3. The Hall–Kier alpha value is -5.26. The third-order valence-electron chi connectivity index (χ3n) is 8.50. The molecule has 5 rings (SSSR count). The minimum absolute atomic E-state index is 0.143. The second-order valence-corrected chi connectivity index (χ2v) is 13.4. The first-order valence-electron chi connectivity index (χ1n) is 16.3. The quantitative estimate of drug-likeness (QED) is 0.141. The Morgan fingerprint density at radius 1 is 0.958 bits per heavy atom. The number of nitrogens with zero attached hydrogens (tertiary/aromatic N) is 3. The minimum atomic E-state index is -0.801. The van der Waals surface area contributed by atoms with Gasteiger partial charge in [-0.3, -0.25) is 9.59 Å². The SMILES string of the molecule is Cc1cc(N)ccc1-c1ccc(C[C@H](NC(=O)C2CCC(CNC(=O)OC(C)(C)C)CC2)C(=O)Nc2ccc(-c3nn[nH]n3)cc2)cc1. The van der Waals surface area contributed by atoms with E-state index in [1.165, 1.54) is 0 Å². The molecule has 1 atom stereocenters. The van der Waals surface area contributed by atoms with E-state index >= 15 is 0 Å². The minimum Gasteiger partial charge on any atom is -0.444 e. The molecule has 12 nitrogen and oxygen atoms in total. The van der Waals surface area contributed by atoms with E-state index in [0.29, 0.717) is 43.0 Å². The highest BCUT2D eigenvalue weighted by Gasteiger charge is 2.30. The highest BCUT2D eigenvalue weighted by atomic mass is 16.6. The molecule has 1 heterocycles. The summed E-state index contributed by atoms with van der Waals surface area (Å²) >= 11 is 0. The van der Waals surface area contributed by atoms with Crippen LogP contribution < -0.4 is 21.7 Å². The van der Waals surface area contributed by atoms with Crippen LogP contribution >= 0.6 is 0 Å². The van der Waals surface area contributed by atoms with Gasteiger partial charge in [-0.05, 0) is 123 Å². The van der Waals surface area contributed by atoms with Gasteiger partial charge in [-0.2, -0.15) is 5.21 Å². The number of anilines is 2. The monoisotopic (exact) mass is 652 g/mol. The molecule has 0 unspecified atom stereocenters. The van der Waals surface area contributed by atoms with E-state index in [1.807, 2.05) is 70.2 Å². The molecule has 12 heteroatoms. The van der Waals surface area contributed by atoms with Crippen LogP contribution in [0.15, 0.2) is 66.7 Å². The molecule has 0 bridgehead atoms. The van der Waals surface area contributed by atoms with E-state index in [-0.39, 0.29) is 23.7 Å². The lowest BCUT2D eigenvalue weighted by atomic mass is 9.81. The first-order valence-corrected chi connectivity index (χ1v) is 16.3. The number of nitrogens with two attached hydrogens (primary N) is 1. The summed E-state index contributed by atoms with van der Waals surface area (Å²) in [5.41, 5.74) is 11.5. The average Bonchev–Trinajstić information content (AvgIpc) is 3.59. The number of ether oxygens (including phenoxy) is 1. The number of hydrogen-bond donors (Lipinski definition) is 5. The summed E-state index contributed by atoms with van der Waals surface area (Å²) in [6.07, 6.45) is 2.82. The summed E-state index contributed by atoms with van der Waals surface area (Å²) in [6.45, 7) is 8.01. The lowest BCUT2D eigenvalue weighted by molar-refractivity contribution is -0.130. The Balaban J connectivity index is 1.24. The Labute approximate surface area is 280 Å². The van der Waals surface area contributed by atoms with Crippen molar-refractivity contribution < 1.29 is 19.1 Å². The van der Waals surface area contributed by atoms with Crippen molar-refractivity contribution in [3.63, 3.8) is 0 Å². The van der Waals surface area contributed by atoms with Crippen molar-refractivity contribution in [1.82, 2.24) is 31.3 Å². The summed E-state index contributed by atoms with van der Waals surface area (Å²) in [7, 11) is 0. The highest BCUT2D eigenvalue weighted by Crippen LogP contribution is 2.29. The number of aromatic amines is 1. The fourth-order valence-electron chi connectivity index (χ4n) is 5.95. The number of nitrogens with one attached hydrogen (secondary N) is 4. The summed E-state index contributed by atoms with van der Waals surface area (Å²) in [6, 6.07) is 20.2. The highest BCUT2D eigenvalue weighted by molar-refractivity contribution is 5.97. The number of benzene rings is 3. The predicted molar refractivity (Wildman–Crippen MR) is 185 cm³/mol. The van der Waals surface area contributed by atoms with E-state index < -0.39 is 17.7 Å². The van der Waals surface area contributed by atoms with E-state index in [1.54, 1.807) is 24.3 Å². The number of nitrogen functional groups attached to an aromatic ring is 1. The maximum absolute atomic E-state index is 13.7. The molecule has 0 saturated heterocycles. The molecule has 4 aromatic rings. The van der Waals surface area contributed by atoms with Gasteiger partial charge in [0.15, 0.2) is 0 Å². The van der Waals surface area contributed by atoms with Gasteiger partial charge in [0.2, 0.25) is 17.6 Å². The van der Waals surface area contributed by atoms with Crippen LogP contribution in [-0.4, -0.2) is 56.7 Å². The second-order valence-electron chi connectivity index (χ2n) is 13.4. The Morgan fingerprint density at radius 2 is 1.65 bits per heavy atom. The van der Waals surface area contributed by atoms with Crippen molar-refractivity contribution in [2.24, 2.45) is 11.8 Å². The van der Waals surface area contributed by atoms with Gasteiger partial charge in [-0.1, -0.05) is 30.3 Å². The Morgan fingerprint density at radius 3 is 2.27 bits per heavy atom. The van der Waals surface area contributed by atoms with Gasteiger partial charge in [0, 0.05) is 35.8 Å². The molecule has 1 saturated carbocycles. The number of hydrogen-bond acceptors (Lipinski definition) is 8. The van der Waals surface area contributed by atoms with Gasteiger partial charge < -0.3 is 26.4 Å². The van der Waals surface area contributed by atoms with Crippen LogP contribution in [0.4, 0.5) is 16.2 Å². The number of carbonyl (C=O) groups excluding carboxylic acids is 3. The van der Waals surface area contributed by atoms with Crippen LogP contribution in [0.2, 0.25) is 0 Å². The largest absolute Gasteiger partial charge is 0.444 e. The lowest BCUT2D eigenvalue weighted by Crippen LogP contribution is -2.48. The third kappa shape index (κ3) is 9.40. The van der Waals surface area contributed by atoms with Crippen molar-refractivity contribution in [1.29, 1.82) is 0 Å². The van der Waals surface area contributed by atoms with Crippen LogP contribution in [0.3, 0.4) is 0 Å². The standard InChI is InChI=1S/C36H44N8O4/c1-22-19-28(37)15-18-30(22)25-9-5-23(6-10-25)20-31(34(46)39-29-16-13-26(14-17-29)32-41-43-44-42-32)40-33(45)27-11-7-24(8-12-27)21-38-35(47)48-36(2,3)4/h5-6,9-10,13-19,24,27,31H,7-8,11-12,20-21,37H2,1-4H3,(H,38,47)(H,39,46)(H,40,45)(H,41,42,43,44)/t24?,27?,31-/m0/s1. The van der Waals surface area contributed by atoms with E-state index in [4.69, 9.17) is 10.5 Å². The zero-order valence-electron chi connectivity index (χ0n) is 27.9. The summed E-state index contributed by atoms with van der Waals surface area (Å²) < 4.78 is 5.34. The fourth-order valence-corrected chi connectivity index (χ4v) is 5.95. The molecule has 252 valence electrons. The molecule has 48 heavy (non-hydrogen) atoms. The fraction of sp³-hybridized carbons (Fsp3) is 0.389. The third-order valence-corrected chi connectivity index (χ3v) is 8.50. The van der Waals surface area contributed by atoms with E-state index in [0.717, 1.165) is 40.7 Å². The first-order chi connectivity index (χ1) is 22.9. The maximum Gasteiger partial charge on any atom is 0.407 e. The molecular formula is C36H44N8O4. The number of carbonyl (C=O) groups is 3. The van der Waals surface area contributed by atoms with Gasteiger partial charge in [-0.15, -0.1) is 10.2 Å². The number of alkyl carbamates (subject to hydrolysis) is 1. The second kappa shape index (κ2) is 15.1. The van der Waals surface area contributed by atoms with E-state index in [9.17, 15) is 14.4 Å². The zero-order chi connectivity index (χ0) is 34.3. The van der Waals surface area contributed by atoms with Gasteiger partial charge >= 0.3 is 6.09 Å². The summed E-state index contributed by atoms with van der Waals surface area (Å²) in [5.74, 6) is 0.0353. The van der Waals surface area contributed by atoms with Crippen molar-refractivity contribution >= 4 is 29.3 Å². The van der Waals surface area contributed by atoms with Gasteiger partial charge in [0.1, 0.15) is 11.6 Å². The molecule has 1 fully saturated rings. The molecule has 3 amide bonds. The number of tetrazole rings is 1. The number of rotatable bonds is 10. The van der Waals surface area contributed by atoms with Crippen molar-refractivity contribution in [3.8, 4) is 22.5 Å².